The van der Waals surface area contributed by atoms with Crippen LogP contribution >= 0.6 is 0 Å². The predicted molar refractivity (Wildman–Crippen MR) is 116 cm³/mol. The molecular formula is C24H18FNO5S. The molecule has 1 aliphatic heterocycles. The van der Waals surface area contributed by atoms with Crippen LogP contribution < -0.4 is 4.90 Å². The molecule has 0 bridgehead atoms. The number of aliphatic hydroxyl groups excluding tert-OH is 1. The third-order valence-electron chi connectivity index (χ3n) is 5.24. The average molecular weight is 451 g/mol. The van der Waals surface area contributed by atoms with Gasteiger partial charge in [-0.05, 0) is 61.0 Å². The summed E-state index contributed by atoms with van der Waals surface area (Å²) in [6.45, 7) is 1.40. The van der Waals surface area contributed by atoms with E-state index >= 15 is 0 Å². The molecule has 1 amide bonds. The van der Waals surface area contributed by atoms with E-state index in [0.29, 0.717) is 11.1 Å². The van der Waals surface area contributed by atoms with Crippen molar-refractivity contribution in [3.8, 4) is 0 Å². The highest BCUT2D eigenvalue weighted by Gasteiger charge is 2.47. The number of benzene rings is 3. The average Bonchev–Trinajstić information content (AvgIpc) is 3.06. The van der Waals surface area contributed by atoms with E-state index in [2.05, 4.69) is 0 Å². The molecule has 1 atom stereocenters. The van der Waals surface area contributed by atoms with Crippen molar-refractivity contribution in [1.82, 2.24) is 0 Å². The van der Waals surface area contributed by atoms with Gasteiger partial charge in [0.25, 0.3) is 5.91 Å². The monoisotopic (exact) mass is 451 g/mol. The third kappa shape index (κ3) is 3.58. The lowest BCUT2D eigenvalue weighted by atomic mass is 10.1. The molecular weight excluding hydrogens is 433 g/mol. The molecule has 1 N–H and O–H groups in total. The van der Waals surface area contributed by atoms with Crippen LogP contribution in [0.3, 0.4) is 0 Å². The molecule has 0 radical (unpaired) electrons. The molecule has 0 fully saturated rings. The number of aliphatic hydroxyl groups is 1. The molecule has 0 aliphatic carbocycles. The lowest BCUT2D eigenvalue weighted by Crippen LogP contribution is -2.31. The number of rotatable bonds is 5. The summed E-state index contributed by atoms with van der Waals surface area (Å²) in [7, 11) is -4.27. The van der Waals surface area contributed by atoms with Gasteiger partial charge in [0.05, 0.1) is 4.90 Å². The Bertz CT molecular complexity index is 1330. The number of amides is 1. The molecule has 0 aromatic heterocycles. The van der Waals surface area contributed by atoms with E-state index in [1.165, 1.54) is 67.6 Å². The lowest BCUT2D eigenvalue weighted by molar-refractivity contribution is -0.117. The molecule has 4 rings (SSSR count). The van der Waals surface area contributed by atoms with Crippen LogP contribution in [0.2, 0.25) is 0 Å². The molecule has 0 saturated heterocycles. The lowest BCUT2D eigenvalue weighted by Gasteiger charge is -2.27. The summed E-state index contributed by atoms with van der Waals surface area (Å²) in [4.78, 5) is 25.2. The number of sulfone groups is 1. The minimum absolute atomic E-state index is 0.0877. The molecule has 0 saturated carbocycles. The maximum Gasteiger partial charge on any atom is 0.295 e. The van der Waals surface area contributed by atoms with Gasteiger partial charge in [-0.3, -0.25) is 14.5 Å². The molecule has 0 spiro atoms. The van der Waals surface area contributed by atoms with E-state index in [1.54, 1.807) is 6.07 Å². The van der Waals surface area contributed by atoms with Crippen LogP contribution in [0, 0.1) is 5.82 Å². The quantitative estimate of drug-likeness (QED) is 0.582. The van der Waals surface area contributed by atoms with E-state index in [1.807, 2.05) is 0 Å². The van der Waals surface area contributed by atoms with Gasteiger partial charge in [-0.1, -0.05) is 30.3 Å². The third-order valence-corrected chi connectivity index (χ3v) is 7.13. The van der Waals surface area contributed by atoms with Crippen molar-refractivity contribution in [3.63, 3.8) is 0 Å². The number of halogens is 1. The highest BCUT2D eigenvalue weighted by Crippen LogP contribution is 2.44. The van der Waals surface area contributed by atoms with Crippen molar-refractivity contribution in [2.24, 2.45) is 0 Å². The summed E-state index contributed by atoms with van der Waals surface area (Å²) < 4.78 is 40.5. The number of carbonyl (C=O) groups excluding carboxylic acids is 2. The number of Topliss-reactive ketones (excluding diaryl/α,β-unsaturated/α-hetero) is 1. The molecule has 1 heterocycles. The summed E-state index contributed by atoms with van der Waals surface area (Å²) in [6, 6.07) is 17.3. The molecule has 8 heteroatoms. The largest absolute Gasteiger partial charge is 0.502 e. The highest BCUT2D eigenvalue weighted by molar-refractivity contribution is 7.95. The Morgan fingerprint density at radius 1 is 0.938 bits per heavy atom. The number of ketones is 1. The minimum Gasteiger partial charge on any atom is -0.502 e. The second-order valence-electron chi connectivity index (χ2n) is 7.26. The Kier molecular flexibility index (Phi) is 5.40. The zero-order valence-electron chi connectivity index (χ0n) is 16.9. The van der Waals surface area contributed by atoms with Crippen LogP contribution in [0.4, 0.5) is 10.1 Å². The summed E-state index contributed by atoms with van der Waals surface area (Å²) in [6.07, 6.45) is 0. The fourth-order valence-corrected chi connectivity index (χ4v) is 5.30. The second-order valence-corrected chi connectivity index (χ2v) is 9.18. The minimum atomic E-state index is -4.27. The van der Waals surface area contributed by atoms with Crippen LogP contribution in [0.5, 0.6) is 0 Å². The maximum atomic E-state index is 13.6. The number of anilines is 1. The van der Waals surface area contributed by atoms with E-state index in [9.17, 15) is 27.5 Å². The Morgan fingerprint density at radius 3 is 2.09 bits per heavy atom. The van der Waals surface area contributed by atoms with Crippen LogP contribution in [-0.4, -0.2) is 25.2 Å². The molecule has 32 heavy (non-hydrogen) atoms. The number of hydrogen-bond acceptors (Lipinski definition) is 5. The first kappa shape index (κ1) is 21.5. The van der Waals surface area contributed by atoms with Gasteiger partial charge in [0.1, 0.15) is 16.8 Å². The molecule has 6 nitrogen and oxygen atoms in total. The molecule has 3 aromatic rings. The van der Waals surface area contributed by atoms with E-state index in [4.69, 9.17) is 0 Å². The van der Waals surface area contributed by atoms with Crippen LogP contribution in [0.1, 0.15) is 28.9 Å². The van der Waals surface area contributed by atoms with Gasteiger partial charge >= 0.3 is 0 Å². The number of nitrogens with zero attached hydrogens (tertiary/aromatic N) is 1. The molecule has 3 aromatic carbocycles. The zero-order chi connectivity index (χ0) is 23.0. The van der Waals surface area contributed by atoms with Crippen LogP contribution in [0.25, 0.3) is 0 Å². The van der Waals surface area contributed by atoms with Crippen molar-refractivity contribution in [2.45, 2.75) is 17.9 Å². The number of hydrogen-bond donors (Lipinski definition) is 1. The van der Waals surface area contributed by atoms with Crippen molar-refractivity contribution in [2.75, 3.05) is 4.90 Å². The summed E-state index contributed by atoms with van der Waals surface area (Å²) in [5.74, 6) is -2.52. The van der Waals surface area contributed by atoms with Crippen molar-refractivity contribution in [1.29, 1.82) is 0 Å². The Balaban J connectivity index is 1.91. The van der Waals surface area contributed by atoms with Gasteiger partial charge < -0.3 is 5.11 Å². The molecule has 1 aliphatic rings. The normalized spacial score (nSPS) is 16.5. The summed E-state index contributed by atoms with van der Waals surface area (Å²) in [5.41, 5.74) is 0.987. The Hall–Kier alpha value is -3.78. The van der Waals surface area contributed by atoms with E-state index < -0.39 is 38.3 Å². The summed E-state index contributed by atoms with van der Waals surface area (Å²) in [5, 5.41) is 10.7. The zero-order valence-corrected chi connectivity index (χ0v) is 17.7. The SMILES string of the molecule is CC(=O)c1ccc(N2C(=O)C(O)=C(S(=O)(=O)c3ccccc3)C2c2ccc(F)cc2)cc1. The van der Waals surface area contributed by atoms with Crippen LogP contribution in [-0.2, 0) is 14.6 Å². The fourth-order valence-electron chi connectivity index (χ4n) is 3.65. The molecule has 1 unspecified atom stereocenters. The first-order valence-corrected chi connectivity index (χ1v) is 11.1. The van der Waals surface area contributed by atoms with Gasteiger partial charge in [-0.15, -0.1) is 0 Å². The van der Waals surface area contributed by atoms with E-state index in [0.717, 1.165) is 17.0 Å². The van der Waals surface area contributed by atoms with Crippen molar-refractivity contribution >= 4 is 27.2 Å². The standard InChI is InChI=1S/C24H18FNO5S/c1-15(27)16-9-13-19(14-10-16)26-21(17-7-11-18(25)12-8-17)23(22(28)24(26)29)32(30,31)20-5-3-2-4-6-20/h2-14,21,28H,1H3. The fraction of sp³-hybridized carbons (Fsp3) is 0.0833. The van der Waals surface area contributed by atoms with Gasteiger partial charge in [0.2, 0.25) is 9.84 Å². The smallest absolute Gasteiger partial charge is 0.295 e. The summed E-state index contributed by atoms with van der Waals surface area (Å²) >= 11 is 0. The van der Waals surface area contributed by atoms with Gasteiger partial charge in [-0.2, -0.15) is 0 Å². The first-order chi connectivity index (χ1) is 15.2. The topological polar surface area (TPSA) is 91.8 Å². The number of carbonyl (C=O) groups is 2. The second kappa shape index (κ2) is 8.05. The maximum absolute atomic E-state index is 13.6. The van der Waals surface area contributed by atoms with Crippen molar-refractivity contribution in [3.05, 3.63) is 106 Å². The molecule has 162 valence electrons. The Labute approximate surface area is 184 Å². The predicted octanol–water partition coefficient (Wildman–Crippen LogP) is 4.36. The van der Waals surface area contributed by atoms with Gasteiger partial charge in [0.15, 0.2) is 11.5 Å². The Morgan fingerprint density at radius 2 is 1.53 bits per heavy atom. The van der Waals surface area contributed by atoms with E-state index in [-0.39, 0.29) is 16.4 Å². The van der Waals surface area contributed by atoms with Gasteiger partial charge in [-0.25, -0.2) is 12.8 Å². The van der Waals surface area contributed by atoms with Crippen LogP contribution in [0.15, 0.2) is 94.4 Å². The van der Waals surface area contributed by atoms with Gasteiger partial charge in [0, 0.05) is 11.3 Å². The van der Waals surface area contributed by atoms with Crippen molar-refractivity contribution < 1.29 is 27.5 Å². The highest BCUT2D eigenvalue weighted by atomic mass is 32.2. The first-order valence-electron chi connectivity index (χ1n) is 9.65.